The van der Waals surface area contributed by atoms with Crippen LogP contribution < -0.4 is 0 Å². The number of likely N-dealkylation sites (N-methyl/N-ethyl adjacent to an activating group) is 1. The number of carbonyl (C=O) groups is 1. The van der Waals surface area contributed by atoms with Gasteiger partial charge in [0.15, 0.2) is 0 Å². The summed E-state index contributed by atoms with van der Waals surface area (Å²) in [6.45, 7) is 4.19. The molecule has 0 bridgehead atoms. The molecule has 13 heavy (non-hydrogen) atoms. The molecule has 0 saturated carbocycles. The molecule has 1 aromatic rings. The van der Waals surface area contributed by atoms with Crippen molar-refractivity contribution >= 4 is 5.91 Å². The largest absolute Gasteiger partial charge is 0.347 e. The summed E-state index contributed by atoms with van der Waals surface area (Å²) < 4.78 is 1.72. The van der Waals surface area contributed by atoms with E-state index in [-0.39, 0.29) is 5.91 Å². The lowest BCUT2D eigenvalue weighted by molar-refractivity contribution is -0.129. The molecule has 0 atom stereocenters. The third-order valence-corrected chi connectivity index (χ3v) is 1.89. The lowest BCUT2D eigenvalue weighted by Gasteiger charge is -2.10. The van der Waals surface area contributed by atoms with Crippen molar-refractivity contribution in [2.75, 3.05) is 14.1 Å². The minimum Gasteiger partial charge on any atom is -0.347 e. The van der Waals surface area contributed by atoms with E-state index >= 15 is 0 Å². The van der Waals surface area contributed by atoms with Gasteiger partial charge in [0.2, 0.25) is 5.91 Å². The summed E-state index contributed by atoms with van der Waals surface area (Å²) in [5, 5.41) is 4.20. The van der Waals surface area contributed by atoms with E-state index in [1.165, 1.54) is 0 Å². The second-order valence-corrected chi connectivity index (χ2v) is 3.37. The Morgan fingerprint density at radius 3 is 2.54 bits per heavy atom. The highest BCUT2D eigenvalue weighted by atomic mass is 16.2. The zero-order chi connectivity index (χ0) is 10.0. The SMILES string of the molecule is Cc1cc(C)n(CC(=O)N(C)C)n1. The van der Waals surface area contributed by atoms with Crippen molar-refractivity contribution in [1.82, 2.24) is 14.7 Å². The molecule has 0 spiro atoms. The number of aromatic nitrogens is 2. The molecule has 0 fully saturated rings. The number of carbonyl (C=O) groups excluding carboxylic acids is 1. The Morgan fingerprint density at radius 1 is 1.54 bits per heavy atom. The molecule has 0 aliphatic heterocycles. The lowest BCUT2D eigenvalue weighted by atomic mass is 10.4. The first-order valence-corrected chi connectivity index (χ1v) is 4.22. The third-order valence-electron chi connectivity index (χ3n) is 1.89. The molecule has 1 heterocycles. The highest BCUT2D eigenvalue weighted by Crippen LogP contribution is 2.01. The third kappa shape index (κ3) is 2.31. The predicted octanol–water partition coefficient (Wildman–Crippen LogP) is 0.588. The van der Waals surface area contributed by atoms with Crippen LogP contribution in [0.3, 0.4) is 0 Å². The highest BCUT2D eigenvalue weighted by molar-refractivity contribution is 5.75. The molecule has 72 valence electrons. The summed E-state index contributed by atoms with van der Waals surface area (Å²) in [6.07, 6.45) is 0. The second-order valence-electron chi connectivity index (χ2n) is 3.37. The van der Waals surface area contributed by atoms with Crippen molar-refractivity contribution in [3.05, 3.63) is 17.5 Å². The number of hydrogen-bond acceptors (Lipinski definition) is 2. The smallest absolute Gasteiger partial charge is 0.243 e. The van der Waals surface area contributed by atoms with Crippen LogP contribution in [0.5, 0.6) is 0 Å². The van der Waals surface area contributed by atoms with Gasteiger partial charge < -0.3 is 4.90 Å². The minimum atomic E-state index is 0.0613. The van der Waals surface area contributed by atoms with Gasteiger partial charge in [-0.2, -0.15) is 5.10 Å². The van der Waals surface area contributed by atoms with Gasteiger partial charge in [-0.1, -0.05) is 0 Å². The fourth-order valence-electron chi connectivity index (χ4n) is 1.10. The van der Waals surface area contributed by atoms with Gasteiger partial charge in [-0.05, 0) is 19.9 Å². The van der Waals surface area contributed by atoms with E-state index in [2.05, 4.69) is 5.10 Å². The van der Waals surface area contributed by atoms with Crippen molar-refractivity contribution < 1.29 is 4.79 Å². The zero-order valence-corrected chi connectivity index (χ0v) is 8.53. The van der Waals surface area contributed by atoms with Gasteiger partial charge in [-0.15, -0.1) is 0 Å². The fourth-order valence-corrected chi connectivity index (χ4v) is 1.10. The number of aryl methyl sites for hydroxylation is 2. The summed E-state index contributed by atoms with van der Waals surface area (Å²) in [4.78, 5) is 12.9. The summed E-state index contributed by atoms with van der Waals surface area (Å²) in [5.41, 5.74) is 1.97. The molecule has 0 unspecified atom stereocenters. The Morgan fingerprint density at radius 2 is 2.15 bits per heavy atom. The van der Waals surface area contributed by atoms with Crippen molar-refractivity contribution in [3.8, 4) is 0 Å². The molecule has 0 aliphatic carbocycles. The van der Waals surface area contributed by atoms with E-state index in [0.717, 1.165) is 11.4 Å². The maximum absolute atomic E-state index is 11.3. The molecule has 1 aromatic heterocycles. The highest BCUT2D eigenvalue weighted by Gasteiger charge is 2.07. The van der Waals surface area contributed by atoms with Gasteiger partial charge in [0.25, 0.3) is 0 Å². The van der Waals surface area contributed by atoms with E-state index < -0.39 is 0 Å². The molecule has 1 amide bonds. The van der Waals surface area contributed by atoms with E-state index in [1.807, 2.05) is 19.9 Å². The Balaban J connectivity index is 2.74. The Kier molecular flexibility index (Phi) is 2.70. The van der Waals surface area contributed by atoms with E-state index in [1.54, 1.807) is 23.7 Å². The normalized spacial score (nSPS) is 10.2. The summed E-state index contributed by atoms with van der Waals surface area (Å²) in [5.74, 6) is 0.0613. The van der Waals surface area contributed by atoms with Crippen LogP contribution in [0.25, 0.3) is 0 Å². The molecular formula is C9H15N3O. The molecule has 0 aliphatic rings. The Bertz CT molecular complexity index is 315. The van der Waals surface area contributed by atoms with Gasteiger partial charge in [-0.25, -0.2) is 0 Å². The maximum atomic E-state index is 11.3. The second kappa shape index (κ2) is 3.60. The van der Waals surface area contributed by atoms with Gasteiger partial charge in [-0.3, -0.25) is 9.48 Å². The number of hydrogen-bond donors (Lipinski definition) is 0. The van der Waals surface area contributed by atoms with Gasteiger partial charge in [0.1, 0.15) is 6.54 Å². The van der Waals surface area contributed by atoms with Crippen molar-refractivity contribution in [3.63, 3.8) is 0 Å². The van der Waals surface area contributed by atoms with E-state index in [4.69, 9.17) is 0 Å². The fraction of sp³-hybridized carbons (Fsp3) is 0.556. The predicted molar refractivity (Wildman–Crippen MR) is 50.4 cm³/mol. The molecule has 4 nitrogen and oxygen atoms in total. The standard InChI is InChI=1S/C9H15N3O/c1-7-5-8(2)12(10-7)6-9(13)11(3)4/h5H,6H2,1-4H3. The Labute approximate surface area is 78.1 Å². The van der Waals surface area contributed by atoms with Crippen LogP contribution >= 0.6 is 0 Å². The number of amides is 1. The first-order valence-electron chi connectivity index (χ1n) is 4.22. The first-order chi connectivity index (χ1) is 6.00. The van der Waals surface area contributed by atoms with Crippen LogP contribution in [-0.4, -0.2) is 34.7 Å². The van der Waals surface area contributed by atoms with Gasteiger partial charge in [0.05, 0.1) is 5.69 Å². The van der Waals surface area contributed by atoms with Crippen LogP contribution in [0.4, 0.5) is 0 Å². The number of nitrogens with zero attached hydrogens (tertiary/aromatic N) is 3. The van der Waals surface area contributed by atoms with Crippen molar-refractivity contribution in [2.24, 2.45) is 0 Å². The zero-order valence-electron chi connectivity index (χ0n) is 8.53. The molecule has 4 heteroatoms. The first kappa shape index (κ1) is 9.77. The van der Waals surface area contributed by atoms with Crippen LogP contribution in [0.15, 0.2) is 6.07 Å². The molecule has 1 rings (SSSR count). The molecular weight excluding hydrogens is 166 g/mol. The average molecular weight is 181 g/mol. The van der Waals surface area contributed by atoms with Crippen LogP contribution in [0.2, 0.25) is 0 Å². The maximum Gasteiger partial charge on any atom is 0.243 e. The van der Waals surface area contributed by atoms with Gasteiger partial charge in [0, 0.05) is 19.8 Å². The monoisotopic (exact) mass is 181 g/mol. The minimum absolute atomic E-state index is 0.0613. The summed E-state index contributed by atoms with van der Waals surface area (Å²) in [7, 11) is 3.49. The Hall–Kier alpha value is -1.32. The quantitative estimate of drug-likeness (QED) is 0.669. The van der Waals surface area contributed by atoms with Crippen LogP contribution in [0, 0.1) is 13.8 Å². The van der Waals surface area contributed by atoms with E-state index in [0.29, 0.717) is 6.54 Å². The molecule has 0 saturated heterocycles. The van der Waals surface area contributed by atoms with Crippen LogP contribution in [0.1, 0.15) is 11.4 Å². The average Bonchev–Trinajstić information content (AvgIpc) is 2.30. The number of rotatable bonds is 2. The van der Waals surface area contributed by atoms with Gasteiger partial charge >= 0.3 is 0 Å². The topological polar surface area (TPSA) is 38.1 Å². The van der Waals surface area contributed by atoms with E-state index in [9.17, 15) is 4.79 Å². The summed E-state index contributed by atoms with van der Waals surface area (Å²) >= 11 is 0. The van der Waals surface area contributed by atoms with Crippen molar-refractivity contribution in [1.29, 1.82) is 0 Å². The lowest BCUT2D eigenvalue weighted by Crippen LogP contribution is -2.27. The van der Waals surface area contributed by atoms with Crippen molar-refractivity contribution in [2.45, 2.75) is 20.4 Å². The van der Waals surface area contributed by atoms with Crippen LogP contribution in [-0.2, 0) is 11.3 Å². The summed E-state index contributed by atoms with van der Waals surface area (Å²) in [6, 6.07) is 1.96. The molecule has 0 aromatic carbocycles. The molecule has 0 radical (unpaired) electrons. The molecule has 0 N–H and O–H groups in total.